The summed E-state index contributed by atoms with van der Waals surface area (Å²) < 4.78 is 12.3. The van der Waals surface area contributed by atoms with Crippen LogP contribution in [0, 0.1) is 0 Å². The second-order valence-electron chi connectivity index (χ2n) is 9.92. The molecule has 2 aliphatic rings. The van der Waals surface area contributed by atoms with Crippen molar-refractivity contribution < 1.29 is 19.1 Å². The van der Waals surface area contributed by atoms with E-state index in [1.807, 2.05) is 54.6 Å². The summed E-state index contributed by atoms with van der Waals surface area (Å²) in [6.07, 6.45) is 2.80. The first-order valence-corrected chi connectivity index (χ1v) is 14.7. The predicted octanol–water partition coefficient (Wildman–Crippen LogP) is 5.84. The summed E-state index contributed by atoms with van der Waals surface area (Å²) in [7, 11) is 2.16. The van der Waals surface area contributed by atoms with Crippen molar-refractivity contribution in [3.8, 4) is 17.2 Å². The van der Waals surface area contributed by atoms with E-state index in [1.165, 1.54) is 11.8 Å². The van der Waals surface area contributed by atoms with Gasteiger partial charge in [0, 0.05) is 38.3 Å². The van der Waals surface area contributed by atoms with Crippen molar-refractivity contribution in [1.82, 2.24) is 9.80 Å². The quantitative estimate of drug-likeness (QED) is 0.165. The average Bonchev–Trinajstić information content (AvgIpc) is 3.25. The van der Waals surface area contributed by atoms with Gasteiger partial charge in [0.2, 0.25) is 5.91 Å². The Morgan fingerprint density at radius 2 is 1.49 bits per heavy atom. The molecule has 2 saturated heterocycles. The summed E-state index contributed by atoms with van der Waals surface area (Å²) >= 11 is 6.82. The molecule has 0 spiro atoms. The summed E-state index contributed by atoms with van der Waals surface area (Å²) in [5.74, 6) is 1.35. The standard InChI is InChI=1S/C31H32N4O4S2.2ClH/c1-33-16-18-34(19-17-33)15-2-20-38-25-13-7-24(8-14-25)35-30(37)28(41-31(35)40)21-22-3-9-26(10-4-22)39-27-11-5-23(6-12-27)29(32)36;;/h3-14,21H,2,15-20H2,1H3,(H2,32,36);2*1H. The Morgan fingerprint density at radius 3 is 2.09 bits per heavy atom. The number of likely N-dealkylation sites (N-methyl/N-ethyl adjacent to an activating group) is 1. The molecule has 0 unspecified atom stereocenters. The molecule has 8 nitrogen and oxygen atoms in total. The van der Waals surface area contributed by atoms with Gasteiger partial charge in [0.15, 0.2) is 4.32 Å². The van der Waals surface area contributed by atoms with Crippen LogP contribution in [0.25, 0.3) is 6.08 Å². The number of hydrogen-bond acceptors (Lipinski definition) is 8. The second-order valence-corrected chi connectivity index (χ2v) is 11.6. The zero-order valence-corrected chi connectivity index (χ0v) is 26.9. The van der Waals surface area contributed by atoms with E-state index < -0.39 is 5.91 Å². The SMILES string of the molecule is CN1CCN(CCCOc2ccc(N3C(=O)C(=Cc4ccc(Oc5ccc(C(N)=O)cc5)cc4)SC3=S)cc2)CC1.Cl.Cl. The lowest BCUT2D eigenvalue weighted by atomic mass is 10.2. The number of benzene rings is 3. The molecule has 0 bridgehead atoms. The first-order valence-electron chi connectivity index (χ1n) is 13.5. The van der Waals surface area contributed by atoms with E-state index in [9.17, 15) is 9.59 Å². The molecule has 2 heterocycles. The van der Waals surface area contributed by atoms with Crippen molar-refractivity contribution >= 4 is 76.7 Å². The third-order valence-electron chi connectivity index (χ3n) is 6.92. The topological polar surface area (TPSA) is 88.3 Å². The number of amides is 2. The maximum Gasteiger partial charge on any atom is 0.270 e. The molecule has 0 saturated carbocycles. The van der Waals surface area contributed by atoms with Crippen molar-refractivity contribution in [1.29, 1.82) is 0 Å². The van der Waals surface area contributed by atoms with Crippen LogP contribution < -0.4 is 20.1 Å². The lowest BCUT2D eigenvalue weighted by Gasteiger charge is -2.32. The van der Waals surface area contributed by atoms with Crippen molar-refractivity contribution in [2.45, 2.75) is 6.42 Å². The molecule has 228 valence electrons. The highest BCUT2D eigenvalue weighted by Gasteiger charge is 2.33. The monoisotopic (exact) mass is 660 g/mol. The van der Waals surface area contributed by atoms with E-state index in [0.717, 1.165) is 50.5 Å². The fraction of sp³-hybridized carbons (Fsp3) is 0.258. The largest absolute Gasteiger partial charge is 0.494 e. The minimum atomic E-state index is -0.486. The highest BCUT2D eigenvalue weighted by atomic mass is 35.5. The Morgan fingerprint density at radius 1 is 0.907 bits per heavy atom. The maximum atomic E-state index is 13.2. The zero-order chi connectivity index (χ0) is 28.8. The molecule has 2 N–H and O–H groups in total. The van der Waals surface area contributed by atoms with Gasteiger partial charge in [-0.3, -0.25) is 14.5 Å². The number of nitrogens with zero attached hydrogens (tertiary/aromatic N) is 3. The molecule has 0 aromatic heterocycles. The fourth-order valence-electron chi connectivity index (χ4n) is 4.54. The lowest BCUT2D eigenvalue weighted by Crippen LogP contribution is -2.44. The predicted molar refractivity (Wildman–Crippen MR) is 182 cm³/mol. The fourth-order valence-corrected chi connectivity index (χ4v) is 5.84. The summed E-state index contributed by atoms with van der Waals surface area (Å²) in [5.41, 5.74) is 7.26. The van der Waals surface area contributed by atoms with Gasteiger partial charge in [0.25, 0.3) is 5.91 Å². The summed E-state index contributed by atoms with van der Waals surface area (Å²) in [5, 5.41) is 0. The molecular weight excluding hydrogens is 627 g/mol. The number of ether oxygens (including phenoxy) is 2. The second kappa shape index (κ2) is 16.1. The normalized spacial score (nSPS) is 16.5. The molecule has 0 aliphatic carbocycles. The van der Waals surface area contributed by atoms with Crippen LogP contribution in [0.15, 0.2) is 77.7 Å². The van der Waals surface area contributed by atoms with E-state index in [4.69, 9.17) is 27.4 Å². The third-order valence-corrected chi connectivity index (χ3v) is 8.23. The van der Waals surface area contributed by atoms with E-state index in [2.05, 4.69) is 16.8 Å². The van der Waals surface area contributed by atoms with Gasteiger partial charge in [-0.1, -0.05) is 36.1 Å². The number of hydrogen-bond donors (Lipinski definition) is 1. The number of rotatable bonds is 10. The van der Waals surface area contributed by atoms with Crippen LogP contribution in [-0.2, 0) is 4.79 Å². The van der Waals surface area contributed by atoms with Crippen LogP contribution >= 0.6 is 48.8 Å². The minimum Gasteiger partial charge on any atom is -0.494 e. The summed E-state index contributed by atoms with van der Waals surface area (Å²) in [6.45, 7) is 6.15. The number of piperazine rings is 1. The molecule has 3 aromatic carbocycles. The Kier molecular flexibility index (Phi) is 12.9. The van der Waals surface area contributed by atoms with Crippen molar-refractivity contribution in [3.63, 3.8) is 0 Å². The van der Waals surface area contributed by atoms with E-state index in [0.29, 0.717) is 38.6 Å². The first-order chi connectivity index (χ1) is 19.9. The number of thioether (sulfide) groups is 1. The van der Waals surface area contributed by atoms with Gasteiger partial charge in [-0.05, 0) is 85.8 Å². The number of halogens is 2. The van der Waals surface area contributed by atoms with Gasteiger partial charge >= 0.3 is 0 Å². The van der Waals surface area contributed by atoms with Crippen LogP contribution in [0.5, 0.6) is 17.2 Å². The Hall–Kier alpha value is -3.12. The van der Waals surface area contributed by atoms with Gasteiger partial charge in [-0.25, -0.2) is 0 Å². The molecule has 2 aliphatic heterocycles. The molecule has 5 rings (SSSR count). The van der Waals surface area contributed by atoms with Gasteiger partial charge in [-0.2, -0.15) is 0 Å². The van der Waals surface area contributed by atoms with Crippen molar-refractivity contribution in [3.05, 3.63) is 88.8 Å². The molecular formula is C31H34Cl2N4O4S2. The number of primary amides is 1. The van der Waals surface area contributed by atoms with Crippen LogP contribution in [-0.4, -0.2) is 72.3 Å². The van der Waals surface area contributed by atoms with Gasteiger partial charge in [-0.15, -0.1) is 24.8 Å². The highest BCUT2D eigenvalue weighted by Crippen LogP contribution is 2.36. The number of anilines is 1. The molecule has 2 amide bonds. The lowest BCUT2D eigenvalue weighted by molar-refractivity contribution is -0.113. The highest BCUT2D eigenvalue weighted by molar-refractivity contribution is 8.27. The minimum absolute atomic E-state index is 0. The van der Waals surface area contributed by atoms with E-state index in [1.54, 1.807) is 29.2 Å². The van der Waals surface area contributed by atoms with Crippen LogP contribution in [0.3, 0.4) is 0 Å². The third kappa shape index (κ3) is 9.18. The first kappa shape index (κ1) is 34.4. The van der Waals surface area contributed by atoms with Crippen molar-refractivity contribution in [2.24, 2.45) is 5.73 Å². The average molecular weight is 662 g/mol. The summed E-state index contributed by atoms with van der Waals surface area (Å²) in [4.78, 5) is 31.4. The van der Waals surface area contributed by atoms with Crippen LogP contribution in [0.1, 0.15) is 22.3 Å². The number of carbonyl (C=O) groups excluding carboxylic acids is 2. The van der Waals surface area contributed by atoms with Gasteiger partial charge in [0.1, 0.15) is 17.2 Å². The molecule has 2 fully saturated rings. The van der Waals surface area contributed by atoms with Crippen LogP contribution in [0.4, 0.5) is 5.69 Å². The number of carbonyl (C=O) groups is 2. The van der Waals surface area contributed by atoms with Gasteiger partial charge < -0.3 is 25.0 Å². The number of thiocarbonyl (C=S) groups is 1. The smallest absolute Gasteiger partial charge is 0.270 e. The maximum absolute atomic E-state index is 13.2. The molecule has 0 radical (unpaired) electrons. The Balaban J connectivity index is 0.00000253. The van der Waals surface area contributed by atoms with Crippen LogP contribution in [0.2, 0.25) is 0 Å². The summed E-state index contributed by atoms with van der Waals surface area (Å²) in [6, 6.07) is 21.5. The molecule has 12 heteroatoms. The molecule has 43 heavy (non-hydrogen) atoms. The van der Waals surface area contributed by atoms with E-state index in [-0.39, 0.29) is 30.7 Å². The van der Waals surface area contributed by atoms with Gasteiger partial charge in [0.05, 0.1) is 17.2 Å². The molecule has 3 aromatic rings. The Labute approximate surface area is 274 Å². The zero-order valence-electron chi connectivity index (χ0n) is 23.6. The molecule has 0 atom stereocenters. The Bertz CT molecular complexity index is 1430. The van der Waals surface area contributed by atoms with E-state index >= 15 is 0 Å². The van der Waals surface area contributed by atoms with Crippen molar-refractivity contribution in [2.75, 3.05) is 51.3 Å². The number of nitrogens with two attached hydrogens (primary N) is 1.